The summed E-state index contributed by atoms with van der Waals surface area (Å²) in [7, 11) is 0. The van der Waals surface area contributed by atoms with Gasteiger partial charge in [0.05, 0.1) is 5.57 Å². The lowest BCUT2D eigenvalue weighted by Gasteiger charge is -2.32. The summed E-state index contributed by atoms with van der Waals surface area (Å²) < 4.78 is 0. The summed E-state index contributed by atoms with van der Waals surface area (Å²) in [6.07, 6.45) is 2.00. The van der Waals surface area contributed by atoms with Crippen molar-refractivity contribution in [3.05, 3.63) is 77.3 Å². The first-order valence-corrected chi connectivity index (χ1v) is 8.43. The van der Waals surface area contributed by atoms with Gasteiger partial charge in [0.15, 0.2) is 0 Å². The molecular formula is C20H20ClNO. The number of hydrogen-bond acceptors (Lipinski definition) is 1. The van der Waals surface area contributed by atoms with Crippen LogP contribution >= 0.6 is 11.6 Å². The Morgan fingerprint density at radius 2 is 1.52 bits per heavy atom. The van der Waals surface area contributed by atoms with Crippen LogP contribution in [0.15, 0.2) is 66.2 Å². The highest BCUT2D eigenvalue weighted by molar-refractivity contribution is 6.35. The van der Waals surface area contributed by atoms with Gasteiger partial charge >= 0.3 is 0 Å². The molecule has 2 aromatic rings. The van der Waals surface area contributed by atoms with Crippen LogP contribution in [0.4, 0.5) is 0 Å². The van der Waals surface area contributed by atoms with Gasteiger partial charge < -0.3 is 4.90 Å². The van der Waals surface area contributed by atoms with Crippen molar-refractivity contribution in [2.45, 2.75) is 18.8 Å². The molecule has 1 amide bonds. The molecule has 1 heterocycles. The number of halogens is 1. The monoisotopic (exact) mass is 325 g/mol. The Morgan fingerprint density at radius 3 is 2.09 bits per heavy atom. The van der Waals surface area contributed by atoms with E-state index in [0.717, 1.165) is 31.5 Å². The van der Waals surface area contributed by atoms with Crippen LogP contribution in [0.2, 0.25) is 0 Å². The zero-order valence-corrected chi connectivity index (χ0v) is 13.7. The summed E-state index contributed by atoms with van der Waals surface area (Å²) in [5, 5.41) is 0. The molecule has 0 saturated carbocycles. The van der Waals surface area contributed by atoms with Gasteiger partial charge in [0, 0.05) is 18.6 Å². The van der Waals surface area contributed by atoms with Gasteiger partial charge in [0.25, 0.3) is 5.91 Å². The van der Waals surface area contributed by atoms with Gasteiger partial charge in [0.2, 0.25) is 0 Å². The third-order valence-corrected chi connectivity index (χ3v) is 4.70. The first-order chi connectivity index (χ1) is 11.3. The lowest BCUT2D eigenvalue weighted by molar-refractivity contribution is -0.126. The SMILES string of the molecule is O=C(C(=CCl)c1ccccc1)N1CCC(c2ccccc2)CC1. The number of likely N-dealkylation sites (tertiary alicyclic amines) is 1. The zero-order chi connectivity index (χ0) is 16.1. The van der Waals surface area contributed by atoms with E-state index in [-0.39, 0.29) is 5.91 Å². The summed E-state index contributed by atoms with van der Waals surface area (Å²) in [4.78, 5) is 14.7. The largest absolute Gasteiger partial charge is 0.339 e. The molecule has 118 valence electrons. The van der Waals surface area contributed by atoms with Crippen LogP contribution in [0, 0.1) is 0 Å². The van der Waals surface area contributed by atoms with Crippen molar-refractivity contribution < 1.29 is 4.79 Å². The molecular weight excluding hydrogens is 306 g/mol. The maximum absolute atomic E-state index is 12.7. The minimum Gasteiger partial charge on any atom is -0.339 e. The molecule has 1 aliphatic heterocycles. The van der Waals surface area contributed by atoms with Crippen molar-refractivity contribution in [3.63, 3.8) is 0 Å². The second-order valence-corrected chi connectivity index (χ2v) is 6.08. The summed E-state index contributed by atoms with van der Waals surface area (Å²) in [6.45, 7) is 1.55. The molecule has 2 nitrogen and oxygen atoms in total. The standard InChI is InChI=1S/C20H20ClNO/c21-15-19(18-9-5-2-6-10-18)20(23)22-13-11-17(12-14-22)16-7-3-1-4-8-16/h1-10,15,17H,11-14H2. The van der Waals surface area contributed by atoms with Crippen molar-refractivity contribution in [3.8, 4) is 0 Å². The van der Waals surface area contributed by atoms with Crippen LogP contribution in [0.25, 0.3) is 5.57 Å². The minimum absolute atomic E-state index is 0.0257. The van der Waals surface area contributed by atoms with Gasteiger partial charge in [-0.25, -0.2) is 0 Å². The van der Waals surface area contributed by atoms with Gasteiger partial charge in [-0.3, -0.25) is 4.79 Å². The van der Waals surface area contributed by atoms with Crippen molar-refractivity contribution >= 4 is 23.1 Å². The molecule has 0 aliphatic carbocycles. The maximum atomic E-state index is 12.7. The average Bonchev–Trinajstić information content (AvgIpc) is 2.64. The molecule has 0 aromatic heterocycles. The molecule has 3 heteroatoms. The highest BCUT2D eigenvalue weighted by Crippen LogP contribution is 2.29. The summed E-state index contributed by atoms with van der Waals surface area (Å²) in [5.41, 5.74) is 4.22. The Morgan fingerprint density at radius 1 is 0.957 bits per heavy atom. The lowest BCUT2D eigenvalue weighted by atomic mass is 9.89. The van der Waals surface area contributed by atoms with Gasteiger partial charge in [-0.05, 0) is 29.9 Å². The average molecular weight is 326 g/mol. The van der Waals surface area contributed by atoms with Crippen LogP contribution in [0.3, 0.4) is 0 Å². The Kier molecular flexibility index (Phi) is 5.14. The molecule has 1 fully saturated rings. The molecule has 1 saturated heterocycles. The fourth-order valence-electron chi connectivity index (χ4n) is 3.16. The molecule has 2 aromatic carbocycles. The number of rotatable bonds is 3. The Labute approximate surface area is 142 Å². The number of benzene rings is 2. The van der Waals surface area contributed by atoms with E-state index in [0.29, 0.717) is 11.5 Å². The summed E-state index contributed by atoms with van der Waals surface area (Å²) >= 11 is 5.93. The van der Waals surface area contributed by atoms with E-state index >= 15 is 0 Å². The van der Waals surface area contributed by atoms with E-state index in [9.17, 15) is 4.79 Å². The Bertz CT molecular complexity index is 673. The predicted molar refractivity (Wildman–Crippen MR) is 95.3 cm³/mol. The number of hydrogen-bond donors (Lipinski definition) is 0. The normalized spacial score (nSPS) is 16.4. The van der Waals surface area contributed by atoms with Gasteiger partial charge in [-0.15, -0.1) is 0 Å². The number of carbonyl (C=O) groups is 1. The Balaban J connectivity index is 1.66. The molecule has 0 spiro atoms. The molecule has 0 atom stereocenters. The van der Waals surface area contributed by atoms with Crippen LogP contribution < -0.4 is 0 Å². The first-order valence-electron chi connectivity index (χ1n) is 7.99. The smallest absolute Gasteiger partial charge is 0.255 e. The molecule has 0 N–H and O–H groups in total. The minimum atomic E-state index is 0.0257. The van der Waals surface area contributed by atoms with Crippen molar-refractivity contribution in [2.75, 3.05) is 13.1 Å². The van der Waals surface area contributed by atoms with E-state index < -0.39 is 0 Å². The van der Waals surface area contributed by atoms with E-state index in [2.05, 4.69) is 24.3 Å². The van der Waals surface area contributed by atoms with E-state index in [1.807, 2.05) is 41.3 Å². The first kappa shape index (κ1) is 15.8. The lowest BCUT2D eigenvalue weighted by Crippen LogP contribution is -2.38. The van der Waals surface area contributed by atoms with Crippen molar-refractivity contribution in [1.82, 2.24) is 4.90 Å². The highest BCUT2D eigenvalue weighted by Gasteiger charge is 2.26. The van der Waals surface area contributed by atoms with E-state index in [1.165, 1.54) is 11.1 Å². The van der Waals surface area contributed by atoms with Crippen LogP contribution in [0.5, 0.6) is 0 Å². The fraction of sp³-hybridized carbons (Fsp3) is 0.250. The third-order valence-electron chi connectivity index (χ3n) is 4.48. The number of piperidine rings is 1. The predicted octanol–water partition coefficient (Wildman–Crippen LogP) is 4.67. The van der Waals surface area contributed by atoms with Crippen molar-refractivity contribution in [1.29, 1.82) is 0 Å². The molecule has 23 heavy (non-hydrogen) atoms. The van der Waals surface area contributed by atoms with Gasteiger partial charge in [0.1, 0.15) is 0 Å². The van der Waals surface area contributed by atoms with Crippen molar-refractivity contribution in [2.24, 2.45) is 0 Å². The number of amides is 1. The van der Waals surface area contributed by atoms with E-state index in [4.69, 9.17) is 11.6 Å². The quantitative estimate of drug-likeness (QED) is 0.751. The molecule has 0 radical (unpaired) electrons. The molecule has 3 rings (SSSR count). The molecule has 0 bridgehead atoms. The van der Waals surface area contributed by atoms with Crippen LogP contribution in [0.1, 0.15) is 29.9 Å². The molecule has 0 unspecified atom stereocenters. The molecule has 1 aliphatic rings. The topological polar surface area (TPSA) is 20.3 Å². The third kappa shape index (κ3) is 3.65. The zero-order valence-electron chi connectivity index (χ0n) is 13.0. The summed E-state index contributed by atoms with van der Waals surface area (Å²) in [6, 6.07) is 20.2. The Hall–Kier alpha value is -2.06. The second kappa shape index (κ2) is 7.47. The van der Waals surface area contributed by atoms with Crippen LogP contribution in [-0.4, -0.2) is 23.9 Å². The second-order valence-electron chi connectivity index (χ2n) is 5.87. The summed E-state index contributed by atoms with van der Waals surface area (Å²) in [5.74, 6) is 0.568. The number of carbonyl (C=O) groups excluding carboxylic acids is 1. The number of nitrogens with zero attached hydrogens (tertiary/aromatic N) is 1. The maximum Gasteiger partial charge on any atom is 0.255 e. The van der Waals surface area contributed by atoms with Gasteiger partial charge in [-0.2, -0.15) is 0 Å². The van der Waals surface area contributed by atoms with Crippen LogP contribution in [-0.2, 0) is 4.79 Å². The highest BCUT2D eigenvalue weighted by atomic mass is 35.5. The fourth-order valence-corrected chi connectivity index (χ4v) is 3.38. The van der Waals surface area contributed by atoms with E-state index in [1.54, 1.807) is 0 Å². The van der Waals surface area contributed by atoms with Gasteiger partial charge in [-0.1, -0.05) is 72.3 Å².